The minimum atomic E-state index is -0.172. The quantitative estimate of drug-likeness (QED) is 0.729. The lowest BCUT2D eigenvalue weighted by molar-refractivity contribution is 0.747. The highest BCUT2D eigenvalue weighted by molar-refractivity contribution is 5.85. The zero-order valence-electron chi connectivity index (χ0n) is 8.90. The van der Waals surface area contributed by atoms with Crippen molar-refractivity contribution in [2.75, 3.05) is 0 Å². The summed E-state index contributed by atoms with van der Waals surface area (Å²) in [5.41, 5.74) is 9.03. The zero-order chi connectivity index (χ0) is 11.2. The van der Waals surface area contributed by atoms with Gasteiger partial charge < -0.3 is 5.73 Å². The summed E-state index contributed by atoms with van der Waals surface area (Å²) in [4.78, 5) is 4.34. The van der Waals surface area contributed by atoms with Crippen molar-refractivity contribution in [1.82, 2.24) is 4.98 Å². The highest BCUT2D eigenvalue weighted by Gasteiger charge is 2.41. The predicted molar refractivity (Wildman–Crippen MR) is 64.8 cm³/mol. The van der Waals surface area contributed by atoms with Crippen molar-refractivity contribution in [2.24, 2.45) is 5.73 Å². The number of nitrogens with zero attached hydrogens (tertiary/aromatic N) is 1. The molecule has 1 aromatic heterocycles. The van der Waals surface area contributed by atoms with E-state index in [-0.39, 0.29) is 5.54 Å². The van der Waals surface area contributed by atoms with Crippen LogP contribution in [0.5, 0.6) is 0 Å². The normalized spacial score (nSPS) is 17.0. The van der Waals surface area contributed by atoms with Crippen LogP contribution in [0.1, 0.15) is 24.0 Å². The second kappa shape index (κ2) is 3.07. The molecular formula is C14H12N2. The van der Waals surface area contributed by atoms with E-state index < -0.39 is 0 Å². The van der Waals surface area contributed by atoms with E-state index >= 15 is 0 Å². The highest BCUT2D eigenvalue weighted by Crippen LogP contribution is 2.45. The maximum atomic E-state index is 6.26. The summed E-state index contributed by atoms with van der Waals surface area (Å²) in [7, 11) is 0. The van der Waals surface area contributed by atoms with Crippen LogP contribution in [0.15, 0.2) is 30.5 Å². The predicted octanol–water partition coefficient (Wildman–Crippen LogP) is 2.16. The summed E-state index contributed by atoms with van der Waals surface area (Å²) < 4.78 is 0. The number of benzene rings is 1. The van der Waals surface area contributed by atoms with Gasteiger partial charge in [-0.05, 0) is 36.6 Å². The second-order valence-electron chi connectivity index (χ2n) is 4.39. The first-order valence-corrected chi connectivity index (χ1v) is 5.38. The fraction of sp³-hybridized carbons (Fsp3) is 0.214. The molecule has 16 heavy (non-hydrogen) atoms. The standard InChI is InChI=1S/C14H12N2/c1-2-10-8-12(14(15)5-6-14)11-4-3-7-16-13(11)9-10/h1,3-4,7-9H,5-6,15H2. The van der Waals surface area contributed by atoms with Crippen LogP contribution in [-0.2, 0) is 5.54 Å². The molecule has 2 N–H and O–H groups in total. The first-order chi connectivity index (χ1) is 7.73. The van der Waals surface area contributed by atoms with Crippen LogP contribution in [0.3, 0.4) is 0 Å². The van der Waals surface area contributed by atoms with Crippen molar-refractivity contribution in [2.45, 2.75) is 18.4 Å². The first-order valence-electron chi connectivity index (χ1n) is 5.38. The molecule has 2 nitrogen and oxygen atoms in total. The fourth-order valence-corrected chi connectivity index (χ4v) is 2.08. The van der Waals surface area contributed by atoms with Crippen LogP contribution in [0.2, 0.25) is 0 Å². The van der Waals surface area contributed by atoms with Gasteiger partial charge in [0.2, 0.25) is 0 Å². The molecule has 2 aromatic rings. The molecule has 1 aromatic carbocycles. The maximum absolute atomic E-state index is 6.26. The van der Waals surface area contributed by atoms with Crippen LogP contribution >= 0.6 is 0 Å². The number of hydrogen-bond acceptors (Lipinski definition) is 2. The highest BCUT2D eigenvalue weighted by atomic mass is 14.8. The van der Waals surface area contributed by atoms with Crippen LogP contribution < -0.4 is 5.73 Å². The average Bonchev–Trinajstić information content (AvgIpc) is 3.07. The zero-order valence-corrected chi connectivity index (χ0v) is 8.90. The molecule has 1 fully saturated rings. The van der Waals surface area contributed by atoms with Crippen LogP contribution in [-0.4, -0.2) is 4.98 Å². The van der Waals surface area contributed by atoms with E-state index in [1.807, 2.05) is 18.2 Å². The van der Waals surface area contributed by atoms with Gasteiger partial charge in [0.25, 0.3) is 0 Å². The lowest BCUT2D eigenvalue weighted by Crippen LogP contribution is -2.19. The minimum absolute atomic E-state index is 0.172. The SMILES string of the molecule is C#Cc1cc(C2(N)CC2)c2cccnc2c1. The monoisotopic (exact) mass is 208 g/mol. The van der Waals surface area contributed by atoms with E-state index in [2.05, 4.69) is 17.0 Å². The maximum Gasteiger partial charge on any atom is 0.0717 e. The van der Waals surface area contributed by atoms with Gasteiger partial charge in [0.05, 0.1) is 5.52 Å². The number of terminal acetylenes is 1. The summed E-state index contributed by atoms with van der Waals surface area (Å²) in [6.07, 6.45) is 9.30. The third-order valence-electron chi connectivity index (χ3n) is 3.21. The van der Waals surface area contributed by atoms with Crippen molar-refractivity contribution in [1.29, 1.82) is 0 Å². The largest absolute Gasteiger partial charge is 0.321 e. The molecule has 1 heterocycles. The molecule has 0 bridgehead atoms. The van der Waals surface area contributed by atoms with E-state index in [9.17, 15) is 0 Å². The summed E-state index contributed by atoms with van der Waals surface area (Å²) in [6, 6.07) is 7.96. The average molecular weight is 208 g/mol. The van der Waals surface area contributed by atoms with Crippen molar-refractivity contribution >= 4 is 10.9 Å². The molecule has 3 rings (SSSR count). The smallest absolute Gasteiger partial charge is 0.0717 e. The van der Waals surface area contributed by atoms with Gasteiger partial charge in [-0.3, -0.25) is 4.98 Å². The molecule has 2 heteroatoms. The molecule has 0 saturated heterocycles. The first kappa shape index (κ1) is 9.38. The molecular weight excluding hydrogens is 196 g/mol. The van der Waals surface area contributed by atoms with Crippen LogP contribution in [0.25, 0.3) is 10.9 Å². The Kier molecular flexibility index (Phi) is 1.80. The Bertz CT molecular complexity index is 604. The van der Waals surface area contributed by atoms with Crippen molar-refractivity contribution in [3.8, 4) is 12.3 Å². The topological polar surface area (TPSA) is 38.9 Å². The summed E-state index contributed by atoms with van der Waals surface area (Å²) in [5, 5.41) is 1.13. The van der Waals surface area contributed by atoms with Crippen LogP contribution in [0, 0.1) is 12.3 Å². The Hall–Kier alpha value is -1.85. The Morgan fingerprint density at radius 2 is 2.19 bits per heavy atom. The number of pyridine rings is 1. The summed E-state index contributed by atoms with van der Waals surface area (Å²) in [6.45, 7) is 0. The van der Waals surface area contributed by atoms with Gasteiger partial charge in [-0.1, -0.05) is 12.0 Å². The van der Waals surface area contributed by atoms with Gasteiger partial charge in [0, 0.05) is 22.7 Å². The summed E-state index contributed by atoms with van der Waals surface area (Å²) >= 11 is 0. The Labute approximate surface area is 94.5 Å². The van der Waals surface area contributed by atoms with Gasteiger partial charge in [0.1, 0.15) is 0 Å². The lowest BCUT2D eigenvalue weighted by Gasteiger charge is -2.13. The molecule has 1 aliphatic carbocycles. The number of rotatable bonds is 1. The lowest BCUT2D eigenvalue weighted by atomic mass is 9.97. The summed E-state index contributed by atoms with van der Waals surface area (Å²) in [5.74, 6) is 2.66. The van der Waals surface area contributed by atoms with Gasteiger partial charge >= 0.3 is 0 Å². The van der Waals surface area contributed by atoms with E-state index in [1.54, 1.807) is 6.20 Å². The van der Waals surface area contributed by atoms with E-state index in [0.717, 1.165) is 34.9 Å². The number of aromatic nitrogens is 1. The van der Waals surface area contributed by atoms with E-state index in [0.29, 0.717) is 0 Å². The number of fused-ring (bicyclic) bond motifs is 1. The molecule has 0 atom stereocenters. The van der Waals surface area contributed by atoms with Gasteiger partial charge in [-0.25, -0.2) is 0 Å². The molecule has 1 aliphatic rings. The molecule has 0 spiro atoms. The molecule has 1 saturated carbocycles. The van der Waals surface area contributed by atoms with E-state index in [1.165, 1.54) is 0 Å². The third kappa shape index (κ3) is 1.30. The van der Waals surface area contributed by atoms with E-state index in [4.69, 9.17) is 12.2 Å². The second-order valence-corrected chi connectivity index (χ2v) is 4.39. The van der Waals surface area contributed by atoms with Crippen molar-refractivity contribution in [3.63, 3.8) is 0 Å². The molecule has 0 aliphatic heterocycles. The van der Waals surface area contributed by atoms with Gasteiger partial charge in [-0.2, -0.15) is 0 Å². The van der Waals surface area contributed by atoms with Crippen molar-refractivity contribution < 1.29 is 0 Å². The minimum Gasteiger partial charge on any atom is -0.321 e. The molecule has 0 unspecified atom stereocenters. The van der Waals surface area contributed by atoms with Gasteiger partial charge in [0.15, 0.2) is 0 Å². The third-order valence-corrected chi connectivity index (χ3v) is 3.21. The molecule has 0 amide bonds. The van der Waals surface area contributed by atoms with Crippen molar-refractivity contribution in [3.05, 3.63) is 41.6 Å². The molecule has 0 radical (unpaired) electrons. The van der Waals surface area contributed by atoms with Crippen LogP contribution in [0.4, 0.5) is 0 Å². The van der Waals surface area contributed by atoms with Gasteiger partial charge in [-0.15, -0.1) is 6.42 Å². The Morgan fingerprint density at radius 1 is 1.38 bits per heavy atom. The molecule has 78 valence electrons. The fourth-order valence-electron chi connectivity index (χ4n) is 2.08. The number of nitrogens with two attached hydrogens (primary N) is 1. The Balaban J connectivity index is 2.37. The Morgan fingerprint density at radius 3 is 2.88 bits per heavy atom. The number of hydrogen-bond donors (Lipinski definition) is 1.